The van der Waals surface area contributed by atoms with E-state index in [1.807, 2.05) is 30.3 Å². The molecule has 146 valence electrons. The molecular weight excluding hydrogens is 378 g/mol. The van der Waals surface area contributed by atoms with Crippen molar-refractivity contribution >= 4 is 21.7 Å². The lowest BCUT2D eigenvalue weighted by Crippen LogP contribution is -2.48. The number of esters is 1. The van der Waals surface area contributed by atoms with Gasteiger partial charge in [-0.15, -0.1) is 0 Å². The van der Waals surface area contributed by atoms with Crippen molar-refractivity contribution in [1.29, 1.82) is 5.26 Å². The number of hydrogen-bond acceptors (Lipinski definition) is 6. The lowest BCUT2D eigenvalue weighted by molar-refractivity contribution is 0.0435. The molecule has 3 rings (SSSR count). The number of benzene rings is 2. The molecular formula is C20H21N3O4S. The number of anilines is 1. The molecule has 0 aromatic heterocycles. The lowest BCUT2D eigenvalue weighted by Gasteiger charge is -2.35. The number of ether oxygens (including phenoxy) is 1. The van der Waals surface area contributed by atoms with E-state index in [-0.39, 0.29) is 10.5 Å². The number of nitriles is 1. The van der Waals surface area contributed by atoms with Gasteiger partial charge in [-0.2, -0.15) is 9.57 Å². The molecule has 0 radical (unpaired) electrons. The van der Waals surface area contributed by atoms with E-state index < -0.39 is 22.1 Å². The molecule has 0 aliphatic carbocycles. The van der Waals surface area contributed by atoms with Crippen molar-refractivity contribution in [2.75, 3.05) is 31.1 Å². The minimum absolute atomic E-state index is 0.0414. The fraction of sp³-hybridized carbons (Fsp3) is 0.300. The van der Waals surface area contributed by atoms with E-state index in [1.165, 1.54) is 35.5 Å². The van der Waals surface area contributed by atoms with E-state index in [0.29, 0.717) is 26.2 Å². The Kier molecular flexibility index (Phi) is 5.97. The molecule has 0 amide bonds. The van der Waals surface area contributed by atoms with E-state index >= 15 is 0 Å². The zero-order valence-corrected chi connectivity index (χ0v) is 16.3. The van der Waals surface area contributed by atoms with Crippen LogP contribution in [0.5, 0.6) is 0 Å². The summed E-state index contributed by atoms with van der Waals surface area (Å²) in [6.07, 6.45) is -0.904. The molecule has 1 saturated heterocycles. The van der Waals surface area contributed by atoms with Crippen LogP contribution in [0.25, 0.3) is 0 Å². The average molecular weight is 399 g/mol. The zero-order chi connectivity index (χ0) is 20.1. The van der Waals surface area contributed by atoms with Gasteiger partial charge in [-0.25, -0.2) is 13.2 Å². The zero-order valence-electron chi connectivity index (χ0n) is 15.5. The molecule has 1 heterocycles. The molecule has 0 bridgehead atoms. The number of sulfonamides is 1. The molecule has 0 spiro atoms. The smallest absolute Gasteiger partial charge is 0.339 e. The lowest BCUT2D eigenvalue weighted by atomic mass is 10.2. The van der Waals surface area contributed by atoms with Crippen molar-refractivity contribution in [1.82, 2.24) is 4.31 Å². The normalized spacial score (nSPS) is 16.2. The van der Waals surface area contributed by atoms with Crippen LogP contribution in [0, 0.1) is 11.3 Å². The highest BCUT2D eigenvalue weighted by Crippen LogP contribution is 2.22. The summed E-state index contributed by atoms with van der Waals surface area (Å²) >= 11 is 0. The van der Waals surface area contributed by atoms with Gasteiger partial charge >= 0.3 is 5.97 Å². The fourth-order valence-corrected chi connectivity index (χ4v) is 4.48. The molecule has 1 fully saturated rings. The van der Waals surface area contributed by atoms with Gasteiger partial charge in [-0.3, -0.25) is 0 Å². The Hall–Kier alpha value is -2.89. The quantitative estimate of drug-likeness (QED) is 0.717. The monoisotopic (exact) mass is 399 g/mol. The highest BCUT2D eigenvalue weighted by molar-refractivity contribution is 7.89. The van der Waals surface area contributed by atoms with Crippen molar-refractivity contribution < 1.29 is 17.9 Å². The van der Waals surface area contributed by atoms with E-state index in [9.17, 15) is 13.2 Å². The van der Waals surface area contributed by atoms with Gasteiger partial charge in [0.25, 0.3) is 0 Å². The highest BCUT2D eigenvalue weighted by atomic mass is 32.2. The number of para-hydroxylation sites is 1. The Morgan fingerprint density at radius 2 is 1.75 bits per heavy atom. The summed E-state index contributed by atoms with van der Waals surface area (Å²) in [5.41, 5.74) is 1.17. The third-order valence-electron chi connectivity index (χ3n) is 4.53. The second kappa shape index (κ2) is 8.42. The Morgan fingerprint density at radius 1 is 1.07 bits per heavy atom. The summed E-state index contributed by atoms with van der Waals surface area (Å²) < 4.78 is 32.3. The minimum Gasteiger partial charge on any atom is -0.444 e. The summed E-state index contributed by atoms with van der Waals surface area (Å²) in [4.78, 5) is 14.3. The number of carbonyl (C=O) groups is 1. The molecule has 2 aromatic rings. The van der Waals surface area contributed by atoms with Crippen molar-refractivity contribution in [3.05, 3.63) is 60.2 Å². The average Bonchev–Trinajstić information content (AvgIpc) is 2.74. The van der Waals surface area contributed by atoms with Crippen LogP contribution in [-0.2, 0) is 14.8 Å². The molecule has 0 N–H and O–H groups in total. The number of hydrogen-bond donors (Lipinski definition) is 0. The third kappa shape index (κ3) is 4.32. The van der Waals surface area contributed by atoms with Gasteiger partial charge in [-0.1, -0.05) is 24.3 Å². The fourth-order valence-electron chi connectivity index (χ4n) is 3.01. The van der Waals surface area contributed by atoms with Gasteiger partial charge in [0.2, 0.25) is 10.0 Å². The largest absolute Gasteiger partial charge is 0.444 e. The maximum atomic E-state index is 13.0. The predicted octanol–water partition coefficient (Wildman–Crippen LogP) is 2.27. The van der Waals surface area contributed by atoms with Crippen molar-refractivity contribution in [3.8, 4) is 6.07 Å². The second-order valence-corrected chi connectivity index (χ2v) is 8.37. The van der Waals surface area contributed by atoms with Crippen molar-refractivity contribution in [2.24, 2.45) is 0 Å². The van der Waals surface area contributed by atoms with Crippen LogP contribution in [0.4, 0.5) is 5.69 Å². The summed E-state index contributed by atoms with van der Waals surface area (Å²) in [5, 5.41) is 8.75. The Bertz CT molecular complexity index is 978. The highest BCUT2D eigenvalue weighted by Gasteiger charge is 2.29. The molecule has 8 heteroatoms. The molecule has 0 unspecified atom stereocenters. The number of piperazine rings is 1. The van der Waals surface area contributed by atoms with Crippen LogP contribution < -0.4 is 4.90 Å². The Morgan fingerprint density at radius 3 is 2.39 bits per heavy atom. The topological polar surface area (TPSA) is 90.7 Å². The van der Waals surface area contributed by atoms with Gasteiger partial charge in [-0.05, 0) is 37.3 Å². The maximum absolute atomic E-state index is 13.0. The van der Waals surface area contributed by atoms with Gasteiger partial charge in [0.1, 0.15) is 6.07 Å². The Labute approximate surface area is 164 Å². The van der Waals surface area contributed by atoms with E-state index in [4.69, 9.17) is 10.00 Å². The molecule has 7 nitrogen and oxygen atoms in total. The molecule has 1 aliphatic heterocycles. The van der Waals surface area contributed by atoms with Crippen LogP contribution in [-0.4, -0.2) is 51.0 Å². The predicted molar refractivity (Wildman–Crippen MR) is 104 cm³/mol. The van der Waals surface area contributed by atoms with Crippen LogP contribution in [0.1, 0.15) is 17.3 Å². The first-order valence-corrected chi connectivity index (χ1v) is 10.4. The van der Waals surface area contributed by atoms with Gasteiger partial charge in [0.05, 0.1) is 10.5 Å². The summed E-state index contributed by atoms with van der Waals surface area (Å²) in [7, 11) is -3.72. The minimum atomic E-state index is -3.72. The van der Waals surface area contributed by atoms with Crippen LogP contribution >= 0.6 is 0 Å². The van der Waals surface area contributed by atoms with Crippen LogP contribution in [0.2, 0.25) is 0 Å². The molecule has 1 atom stereocenters. The molecule has 1 aliphatic rings. The van der Waals surface area contributed by atoms with Gasteiger partial charge < -0.3 is 9.64 Å². The van der Waals surface area contributed by atoms with Crippen LogP contribution in [0.3, 0.4) is 0 Å². The maximum Gasteiger partial charge on any atom is 0.339 e. The SMILES string of the molecule is C[C@@H](C#N)OC(=O)c1cccc(S(=O)(=O)N2CCN(c3ccccc3)CC2)c1. The first kappa shape index (κ1) is 19.9. The summed E-state index contributed by atoms with van der Waals surface area (Å²) in [6, 6.07) is 17.4. The van der Waals surface area contributed by atoms with E-state index in [2.05, 4.69) is 4.90 Å². The van der Waals surface area contributed by atoms with Crippen molar-refractivity contribution in [2.45, 2.75) is 17.9 Å². The number of nitrogens with zero attached hydrogens (tertiary/aromatic N) is 3. The van der Waals surface area contributed by atoms with Gasteiger partial charge in [0.15, 0.2) is 6.10 Å². The van der Waals surface area contributed by atoms with Gasteiger partial charge in [0, 0.05) is 31.9 Å². The van der Waals surface area contributed by atoms with E-state index in [1.54, 1.807) is 6.07 Å². The summed E-state index contributed by atoms with van der Waals surface area (Å²) in [6.45, 7) is 3.34. The van der Waals surface area contributed by atoms with Crippen LogP contribution in [0.15, 0.2) is 59.5 Å². The van der Waals surface area contributed by atoms with E-state index in [0.717, 1.165) is 5.69 Å². The Balaban J connectivity index is 1.72. The molecule has 28 heavy (non-hydrogen) atoms. The third-order valence-corrected chi connectivity index (χ3v) is 6.43. The first-order valence-electron chi connectivity index (χ1n) is 8.92. The number of carbonyl (C=O) groups excluding carboxylic acids is 1. The second-order valence-electron chi connectivity index (χ2n) is 6.43. The number of rotatable bonds is 5. The molecule has 2 aromatic carbocycles. The standard InChI is InChI=1S/C20H21N3O4S/c1-16(15-21)27-20(24)17-6-5-9-19(14-17)28(25,26)23-12-10-22(11-13-23)18-7-3-2-4-8-18/h2-9,14,16H,10-13H2,1H3/t16-/m0/s1. The molecule has 0 saturated carbocycles. The summed E-state index contributed by atoms with van der Waals surface area (Å²) in [5.74, 6) is -0.722. The first-order chi connectivity index (χ1) is 13.4. The van der Waals surface area contributed by atoms with Crippen molar-refractivity contribution in [3.63, 3.8) is 0 Å².